The van der Waals surface area contributed by atoms with E-state index < -0.39 is 36.2 Å². The summed E-state index contributed by atoms with van der Waals surface area (Å²) in [6, 6.07) is 0. The summed E-state index contributed by atoms with van der Waals surface area (Å²) in [7, 11) is 0. The Labute approximate surface area is 165 Å². The van der Waals surface area contributed by atoms with E-state index in [1.807, 2.05) is 0 Å². The third-order valence-corrected chi connectivity index (χ3v) is 6.01. The van der Waals surface area contributed by atoms with Gasteiger partial charge in [-0.3, -0.25) is 0 Å². The third kappa shape index (κ3) is 6.23. The van der Waals surface area contributed by atoms with Crippen molar-refractivity contribution in [2.45, 2.75) is 49.8 Å². The first kappa shape index (κ1) is 24.5. The van der Waals surface area contributed by atoms with E-state index in [4.69, 9.17) is 0 Å². The van der Waals surface area contributed by atoms with Gasteiger partial charge in [0.1, 0.15) is 11.9 Å². The zero-order valence-corrected chi connectivity index (χ0v) is 16.8. The molecule has 0 aliphatic heterocycles. The first-order valence-corrected chi connectivity index (χ1v) is 9.48. The van der Waals surface area contributed by atoms with Gasteiger partial charge in [-0.15, -0.1) is 0 Å². The van der Waals surface area contributed by atoms with Crippen LogP contribution in [0.3, 0.4) is 0 Å². The number of esters is 2. The highest BCUT2D eigenvalue weighted by Gasteiger charge is 2.41. The van der Waals surface area contributed by atoms with Gasteiger partial charge in [-0.2, -0.15) is 26.3 Å². The van der Waals surface area contributed by atoms with Crippen LogP contribution in [0.1, 0.15) is 22.3 Å². The van der Waals surface area contributed by atoms with Crippen LogP contribution >= 0.6 is 23.5 Å². The van der Waals surface area contributed by atoms with Gasteiger partial charge in [0.05, 0.1) is 0 Å². The smallest absolute Gasteiger partial charge is 0.448 e. The van der Waals surface area contributed by atoms with Crippen molar-refractivity contribution in [1.29, 1.82) is 0 Å². The monoisotopic (exact) mass is 450 g/mol. The van der Waals surface area contributed by atoms with Crippen molar-refractivity contribution >= 4 is 35.5 Å². The molecule has 0 radical (unpaired) electrons. The molecule has 0 heterocycles. The minimum atomic E-state index is -5.08. The van der Waals surface area contributed by atoms with Gasteiger partial charge in [-0.1, -0.05) is 23.5 Å². The van der Waals surface area contributed by atoms with Crippen LogP contribution in [0.4, 0.5) is 26.3 Å². The highest BCUT2D eigenvalue weighted by atomic mass is 32.2. The zero-order valence-electron chi connectivity index (χ0n) is 15.1. The summed E-state index contributed by atoms with van der Waals surface area (Å²) in [6.45, 7) is 6.73. The molecule has 0 saturated heterocycles. The second kappa shape index (κ2) is 9.29. The van der Waals surface area contributed by atoms with Crippen molar-refractivity contribution in [3.63, 3.8) is 0 Å². The fourth-order valence-corrected chi connectivity index (χ4v) is 4.17. The molecule has 1 aromatic carbocycles. The van der Waals surface area contributed by atoms with Crippen LogP contribution in [0.5, 0.6) is 0 Å². The molecule has 0 aliphatic carbocycles. The number of carbonyl (C=O) groups is 2. The van der Waals surface area contributed by atoms with Gasteiger partial charge < -0.3 is 9.47 Å². The van der Waals surface area contributed by atoms with Crippen molar-refractivity contribution in [2.24, 2.45) is 0 Å². The Kier molecular flexibility index (Phi) is 8.12. The van der Waals surface area contributed by atoms with Crippen molar-refractivity contribution in [3.05, 3.63) is 22.3 Å². The van der Waals surface area contributed by atoms with E-state index in [0.29, 0.717) is 32.0 Å². The second-order valence-corrected chi connectivity index (χ2v) is 7.41. The predicted molar refractivity (Wildman–Crippen MR) is 91.1 cm³/mol. The van der Waals surface area contributed by atoms with E-state index in [1.165, 1.54) is 0 Å². The molecule has 0 aromatic heterocycles. The Morgan fingerprint density at radius 1 is 0.679 bits per heavy atom. The van der Waals surface area contributed by atoms with Gasteiger partial charge in [-0.05, 0) is 49.9 Å². The summed E-state index contributed by atoms with van der Waals surface area (Å²) < 4.78 is 81.4. The molecule has 0 spiro atoms. The number of rotatable bonds is 6. The Hall–Kier alpha value is -1.56. The molecule has 1 rings (SSSR count). The number of hydrogen-bond acceptors (Lipinski definition) is 6. The lowest BCUT2D eigenvalue weighted by atomic mass is 10.0. The van der Waals surface area contributed by atoms with Crippen LogP contribution in [0.2, 0.25) is 0 Å². The molecular weight excluding hydrogens is 434 g/mol. The molecule has 0 amide bonds. The second-order valence-electron chi connectivity index (χ2n) is 5.54. The number of thioether (sulfide) groups is 2. The lowest BCUT2D eigenvalue weighted by Gasteiger charge is -2.20. The number of hydrogen-bond donors (Lipinski definition) is 0. The fraction of sp³-hybridized carbons (Fsp3) is 0.500. The van der Waals surface area contributed by atoms with Gasteiger partial charge in [0.2, 0.25) is 0 Å². The predicted octanol–water partition coefficient (Wildman–Crippen LogP) is 5.23. The summed E-state index contributed by atoms with van der Waals surface area (Å²) in [4.78, 5) is 22.7. The molecule has 0 atom stereocenters. The number of carbonyl (C=O) groups excluding carboxylic acids is 2. The van der Waals surface area contributed by atoms with Crippen molar-refractivity contribution < 1.29 is 45.4 Å². The summed E-state index contributed by atoms with van der Waals surface area (Å²) in [6.07, 6.45) is -10.2. The molecule has 0 N–H and O–H groups in total. The third-order valence-electron chi connectivity index (χ3n) is 3.74. The largest absolute Gasteiger partial charge is 0.490 e. The van der Waals surface area contributed by atoms with E-state index in [2.05, 4.69) is 9.47 Å². The highest BCUT2D eigenvalue weighted by Crippen LogP contribution is 2.38. The average molecular weight is 450 g/mol. The molecule has 4 nitrogen and oxygen atoms in total. The lowest BCUT2D eigenvalue weighted by Crippen LogP contribution is -2.25. The minimum Gasteiger partial charge on any atom is -0.448 e. The molecular formula is C16H16F6O4S2. The summed E-state index contributed by atoms with van der Waals surface area (Å²) in [5, 5.41) is 0. The van der Waals surface area contributed by atoms with Gasteiger partial charge in [-0.25, -0.2) is 9.59 Å². The maximum Gasteiger partial charge on any atom is 0.490 e. The molecule has 28 heavy (non-hydrogen) atoms. The van der Waals surface area contributed by atoms with Crippen LogP contribution in [0.25, 0.3) is 0 Å². The van der Waals surface area contributed by atoms with Crippen LogP contribution in [0, 0.1) is 27.7 Å². The first-order chi connectivity index (χ1) is 12.7. The van der Waals surface area contributed by atoms with Gasteiger partial charge in [0.15, 0.2) is 0 Å². The number of alkyl halides is 6. The number of ether oxygens (including phenoxy) is 2. The van der Waals surface area contributed by atoms with Gasteiger partial charge in [0.25, 0.3) is 0 Å². The molecule has 1 aromatic rings. The Morgan fingerprint density at radius 3 is 1.14 bits per heavy atom. The van der Waals surface area contributed by atoms with Gasteiger partial charge in [0, 0.05) is 9.79 Å². The molecule has 0 bridgehead atoms. The quantitative estimate of drug-likeness (QED) is 0.256. The molecule has 0 unspecified atom stereocenters. The SMILES string of the molecule is Cc1c(C)c(SCOC(=O)C(F)(F)F)c(C)c(C)c1SCOC(=O)C(F)(F)F. The minimum absolute atomic E-state index is 0.547. The fourth-order valence-electron chi connectivity index (χ4n) is 2.12. The topological polar surface area (TPSA) is 52.6 Å². The molecule has 0 aliphatic rings. The molecule has 158 valence electrons. The maximum absolute atomic E-state index is 12.2. The van der Waals surface area contributed by atoms with Crippen molar-refractivity contribution in [3.8, 4) is 0 Å². The molecule has 12 heteroatoms. The Bertz CT molecular complexity index is 667. The lowest BCUT2D eigenvalue weighted by molar-refractivity contribution is -0.197. The van der Waals surface area contributed by atoms with E-state index in [9.17, 15) is 35.9 Å². The normalized spacial score (nSPS) is 12.1. The van der Waals surface area contributed by atoms with Crippen LogP contribution < -0.4 is 0 Å². The van der Waals surface area contributed by atoms with Crippen molar-refractivity contribution in [2.75, 3.05) is 11.9 Å². The van der Waals surface area contributed by atoms with E-state index in [1.54, 1.807) is 27.7 Å². The molecule has 0 fully saturated rings. The Balaban J connectivity index is 2.90. The van der Waals surface area contributed by atoms with E-state index in [-0.39, 0.29) is 0 Å². The standard InChI is InChI=1S/C16H16F6O4S2/c1-7-8(2)12(28-6-26-14(24)16(20,21)22)10(4)9(3)11(7)27-5-25-13(23)15(17,18)19/h5-6H2,1-4H3. The van der Waals surface area contributed by atoms with Crippen molar-refractivity contribution in [1.82, 2.24) is 0 Å². The Morgan fingerprint density at radius 2 is 0.929 bits per heavy atom. The van der Waals surface area contributed by atoms with Gasteiger partial charge >= 0.3 is 24.3 Å². The average Bonchev–Trinajstić information content (AvgIpc) is 2.57. The molecule has 0 saturated carbocycles. The van der Waals surface area contributed by atoms with Crippen LogP contribution in [0.15, 0.2) is 9.79 Å². The summed E-state index contributed by atoms with van der Waals surface area (Å²) in [5.74, 6) is -5.67. The van der Waals surface area contributed by atoms with Crippen LogP contribution in [-0.4, -0.2) is 36.2 Å². The van der Waals surface area contributed by atoms with Crippen LogP contribution in [-0.2, 0) is 19.1 Å². The maximum atomic E-state index is 12.2. The highest BCUT2D eigenvalue weighted by molar-refractivity contribution is 7.99. The summed E-state index contributed by atoms with van der Waals surface area (Å²) >= 11 is 1.80. The number of halogens is 6. The van der Waals surface area contributed by atoms with E-state index in [0.717, 1.165) is 23.5 Å². The first-order valence-electron chi connectivity index (χ1n) is 7.51. The number of benzene rings is 1. The summed E-state index contributed by atoms with van der Waals surface area (Å²) in [5.41, 5.74) is 2.67. The zero-order chi connectivity index (χ0) is 21.9. The van der Waals surface area contributed by atoms with E-state index >= 15 is 0 Å².